The van der Waals surface area contributed by atoms with E-state index in [9.17, 15) is 13.2 Å². The van der Waals surface area contributed by atoms with Crippen molar-refractivity contribution in [2.24, 2.45) is 4.99 Å². The number of aromatic nitrogens is 2. The molecule has 0 N–H and O–H groups in total. The van der Waals surface area contributed by atoms with Gasteiger partial charge in [-0.15, -0.1) is 5.10 Å². The number of aryl methyl sites for hydroxylation is 1. The lowest BCUT2D eigenvalue weighted by Gasteiger charge is -2.17. The van der Waals surface area contributed by atoms with Crippen LogP contribution in [0.5, 0.6) is 11.6 Å². The number of fused-ring (bicyclic) bond motifs is 2. The molecule has 4 aromatic rings. The van der Waals surface area contributed by atoms with Crippen LogP contribution in [-0.4, -0.2) is 16.0 Å². The highest BCUT2D eigenvalue weighted by Crippen LogP contribution is 2.43. The average molecular weight is 433 g/mol. The molecular formula is C25H18F3N3O. The Labute approximate surface area is 182 Å². The number of hydrogen-bond acceptors (Lipinski definition) is 3. The Morgan fingerprint density at radius 3 is 2.44 bits per heavy atom. The highest BCUT2D eigenvalue weighted by Gasteiger charge is 2.30. The van der Waals surface area contributed by atoms with Crippen LogP contribution in [0.15, 0.2) is 77.8 Å². The molecule has 0 saturated heterocycles. The maximum absolute atomic E-state index is 12.8. The summed E-state index contributed by atoms with van der Waals surface area (Å²) in [6.45, 7) is 1.99. The van der Waals surface area contributed by atoms with Gasteiger partial charge in [0.05, 0.1) is 16.8 Å². The average Bonchev–Trinajstić information content (AvgIpc) is 3.14. The summed E-state index contributed by atoms with van der Waals surface area (Å²) in [5.41, 5.74) is 3.57. The van der Waals surface area contributed by atoms with Crippen LogP contribution in [0.2, 0.25) is 0 Å². The number of aliphatic imine (C=N–C) groups is 1. The van der Waals surface area contributed by atoms with Gasteiger partial charge in [0, 0.05) is 12.6 Å². The van der Waals surface area contributed by atoms with Crippen LogP contribution in [0.1, 0.15) is 27.8 Å². The van der Waals surface area contributed by atoms with Crippen LogP contribution in [-0.2, 0) is 12.6 Å². The largest absolute Gasteiger partial charge is 0.437 e. The van der Waals surface area contributed by atoms with Crippen molar-refractivity contribution >= 4 is 12.0 Å². The quantitative estimate of drug-likeness (QED) is 0.299. The zero-order chi connectivity index (χ0) is 22.3. The van der Waals surface area contributed by atoms with E-state index < -0.39 is 11.7 Å². The van der Waals surface area contributed by atoms with Crippen LogP contribution in [0.25, 0.3) is 5.69 Å². The SMILES string of the molecule is Cc1cccc2c1Oc1nn(-c3ccccc3)c(/N=C/c3ccc(C(F)(F)F)cc3)c1C2. The molecule has 5 rings (SSSR count). The predicted octanol–water partition coefficient (Wildman–Crippen LogP) is 6.65. The molecule has 1 aromatic heterocycles. The summed E-state index contributed by atoms with van der Waals surface area (Å²) in [7, 11) is 0. The first-order valence-electron chi connectivity index (χ1n) is 10.0. The van der Waals surface area contributed by atoms with E-state index in [1.807, 2.05) is 55.5 Å². The number of ether oxygens (including phenoxy) is 1. The smallest absolute Gasteiger partial charge is 0.416 e. The Morgan fingerprint density at radius 1 is 0.969 bits per heavy atom. The highest BCUT2D eigenvalue weighted by molar-refractivity contribution is 5.82. The monoisotopic (exact) mass is 433 g/mol. The number of hydrogen-bond donors (Lipinski definition) is 0. The van der Waals surface area contributed by atoms with Crippen molar-refractivity contribution in [1.29, 1.82) is 0 Å². The minimum absolute atomic E-state index is 0.482. The third-order valence-electron chi connectivity index (χ3n) is 5.35. The van der Waals surface area contributed by atoms with Gasteiger partial charge in [-0.25, -0.2) is 9.67 Å². The predicted molar refractivity (Wildman–Crippen MR) is 116 cm³/mol. The van der Waals surface area contributed by atoms with E-state index in [2.05, 4.69) is 10.1 Å². The Bertz CT molecular complexity index is 1310. The van der Waals surface area contributed by atoms with E-state index in [0.717, 1.165) is 40.3 Å². The first kappa shape index (κ1) is 20.1. The third-order valence-corrected chi connectivity index (χ3v) is 5.35. The van der Waals surface area contributed by atoms with Crippen molar-refractivity contribution < 1.29 is 17.9 Å². The van der Waals surface area contributed by atoms with Gasteiger partial charge >= 0.3 is 6.18 Å². The van der Waals surface area contributed by atoms with Crippen molar-refractivity contribution in [1.82, 2.24) is 9.78 Å². The molecule has 1 aliphatic heterocycles. The van der Waals surface area contributed by atoms with Gasteiger partial charge in [0.2, 0.25) is 5.88 Å². The van der Waals surface area contributed by atoms with E-state index in [1.54, 1.807) is 10.9 Å². The van der Waals surface area contributed by atoms with Crippen molar-refractivity contribution in [2.45, 2.75) is 19.5 Å². The molecule has 0 bridgehead atoms. The van der Waals surface area contributed by atoms with Gasteiger partial charge in [0.25, 0.3) is 0 Å². The minimum Gasteiger partial charge on any atom is -0.437 e. The molecule has 1 aliphatic rings. The molecular weight excluding hydrogens is 415 g/mol. The van der Waals surface area contributed by atoms with E-state index >= 15 is 0 Å². The molecule has 0 radical (unpaired) electrons. The maximum atomic E-state index is 12.8. The lowest BCUT2D eigenvalue weighted by atomic mass is 10.0. The molecule has 0 atom stereocenters. The van der Waals surface area contributed by atoms with E-state index in [1.165, 1.54) is 12.1 Å². The molecule has 3 aromatic carbocycles. The molecule has 0 spiro atoms. The van der Waals surface area contributed by atoms with Crippen molar-refractivity contribution in [3.8, 4) is 17.3 Å². The molecule has 0 aliphatic carbocycles. The summed E-state index contributed by atoms with van der Waals surface area (Å²) in [6, 6.07) is 20.4. The molecule has 2 heterocycles. The first-order valence-corrected chi connectivity index (χ1v) is 10.0. The molecule has 7 heteroatoms. The van der Waals surface area contributed by atoms with Gasteiger partial charge in [0.15, 0.2) is 5.82 Å². The highest BCUT2D eigenvalue weighted by atomic mass is 19.4. The fraction of sp³-hybridized carbons (Fsp3) is 0.120. The van der Waals surface area contributed by atoms with Gasteiger partial charge < -0.3 is 4.74 Å². The second kappa shape index (κ2) is 7.67. The first-order chi connectivity index (χ1) is 15.4. The number of para-hydroxylation sites is 2. The zero-order valence-electron chi connectivity index (χ0n) is 17.1. The lowest BCUT2D eigenvalue weighted by Crippen LogP contribution is -2.04. The molecule has 160 valence electrons. The van der Waals surface area contributed by atoms with Gasteiger partial charge in [-0.05, 0) is 47.9 Å². The molecule has 0 fully saturated rings. The Hall–Kier alpha value is -3.87. The summed E-state index contributed by atoms with van der Waals surface area (Å²) >= 11 is 0. The number of halogens is 3. The topological polar surface area (TPSA) is 39.4 Å². The number of alkyl halides is 3. The molecule has 32 heavy (non-hydrogen) atoms. The van der Waals surface area contributed by atoms with Crippen molar-refractivity contribution in [2.75, 3.05) is 0 Å². The molecule has 4 nitrogen and oxygen atoms in total. The van der Waals surface area contributed by atoms with Gasteiger partial charge in [-0.1, -0.05) is 48.5 Å². The fourth-order valence-corrected chi connectivity index (χ4v) is 3.72. The minimum atomic E-state index is -4.37. The number of benzene rings is 3. The lowest BCUT2D eigenvalue weighted by molar-refractivity contribution is -0.137. The summed E-state index contributed by atoms with van der Waals surface area (Å²) in [6.07, 6.45) is -2.23. The second-order valence-electron chi connectivity index (χ2n) is 7.57. The van der Waals surface area contributed by atoms with E-state index in [0.29, 0.717) is 23.7 Å². The second-order valence-corrected chi connectivity index (χ2v) is 7.57. The summed E-state index contributed by atoms with van der Waals surface area (Å²) in [5.74, 6) is 1.87. The number of rotatable bonds is 3. The summed E-state index contributed by atoms with van der Waals surface area (Å²) in [4.78, 5) is 4.63. The zero-order valence-corrected chi connectivity index (χ0v) is 17.1. The third kappa shape index (κ3) is 3.66. The van der Waals surface area contributed by atoms with Gasteiger partial charge in [-0.3, -0.25) is 0 Å². The van der Waals surface area contributed by atoms with Crippen LogP contribution in [0, 0.1) is 6.92 Å². The van der Waals surface area contributed by atoms with Crippen LogP contribution >= 0.6 is 0 Å². The Balaban J connectivity index is 1.57. The van der Waals surface area contributed by atoms with Gasteiger partial charge in [-0.2, -0.15) is 13.2 Å². The van der Waals surface area contributed by atoms with Crippen molar-refractivity contribution in [3.05, 3.63) is 101 Å². The Morgan fingerprint density at radius 2 is 1.72 bits per heavy atom. The van der Waals surface area contributed by atoms with Crippen LogP contribution in [0.3, 0.4) is 0 Å². The fourth-order valence-electron chi connectivity index (χ4n) is 3.72. The van der Waals surface area contributed by atoms with Crippen LogP contribution in [0.4, 0.5) is 19.0 Å². The van der Waals surface area contributed by atoms with Gasteiger partial charge in [0.1, 0.15) is 5.75 Å². The van der Waals surface area contributed by atoms with Crippen molar-refractivity contribution in [3.63, 3.8) is 0 Å². The maximum Gasteiger partial charge on any atom is 0.416 e. The normalized spacial score (nSPS) is 13.0. The molecule has 0 saturated carbocycles. The Kier molecular flexibility index (Phi) is 4.81. The standard InChI is InChI=1S/C25H18F3N3O/c1-16-6-5-7-18-14-21-23(29-15-17-10-12-19(13-11-17)25(26,27)28)31(20-8-3-2-4-9-20)30-24(21)32-22(16)18/h2-13,15H,14H2,1H3/b29-15+. The number of nitrogens with zero attached hydrogens (tertiary/aromatic N) is 3. The van der Waals surface area contributed by atoms with E-state index in [4.69, 9.17) is 4.74 Å². The molecule has 0 unspecified atom stereocenters. The van der Waals surface area contributed by atoms with Crippen LogP contribution < -0.4 is 4.74 Å². The summed E-state index contributed by atoms with van der Waals surface area (Å²) in [5, 5.41) is 4.65. The summed E-state index contributed by atoms with van der Waals surface area (Å²) < 4.78 is 46.4. The molecule has 0 amide bonds. The van der Waals surface area contributed by atoms with E-state index in [-0.39, 0.29) is 0 Å².